The summed E-state index contributed by atoms with van der Waals surface area (Å²) < 4.78 is 6.87. The van der Waals surface area contributed by atoms with E-state index >= 15 is 0 Å². The third-order valence-electron chi connectivity index (χ3n) is 3.34. The van der Waals surface area contributed by atoms with Gasteiger partial charge in [-0.05, 0) is 31.0 Å². The Balaban J connectivity index is 2.72. The lowest BCUT2D eigenvalue weighted by Crippen LogP contribution is -2.08. The normalized spacial score (nSPS) is 10.7. The van der Waals surface area contributed by atoms with Gasteiger partial charge in [-0.2, -0.15) is 5.10 Å². The van der Waals surface area contributed by atoms with E-state index in [1.807, 2.05) is 26.0 Å². The zero-order valence-electron chi connectivity index (χ0n) is 12.4. The highest BCUT2D eigenvalue weighted by Gasteiger charge is 2.20. The summed E-state index contributed by atoms with van der Waals surface area (Å²) in [5, 5.41) is 13.4. The summed E-state index contributed by atoms with van der Waals surface area (Å²) in [4.78, 5) is 11.4. The molecule has 0 unspecified atom stereocenters. The second-order valence-corrected chi connectivity index (χ2v) is 4.87. The van der Waals surface area contributed by atoms with Gasteiger partial charge in [0.2, 0.25) is 0 Å². The van der Waals surface area contributed by atoms with E-state index in [1.54, 1.807) is 7.11 Å². The molecule has 0 aliphatic rings. The summed E-state index contributed by atoms with van der Waals surface area (Å²) in [7, 11) is 1.58. The van der Waals surface area contributed by atoms with Crippen LogP contribution in [0.4, 0.5) is 5.82 Å². The zero-order chi connectivity index (χ0) is 15.6. The molecule has 2 rings (SSSR count). The average Bonchev–Trinajstić information content (AvgIpc) is 2.75. The Morgan fingerprint density at radius 2 is 2.14 bits per heavy atom. The molecule has 0 atom stereocenters. The first-order valence-electron chi connectivity index (χ1n) is 6.61. The number of aliphatic hydroxyl groups is 1. The first-order chi connectivity index (χ1) is 10.0. The van der Waals surface area contributed by atoms with Crippen molar-refractivity contribution >= 4 is 12.1 Å². The molecule has 2 aromatic rings. The molecule has 21 heavy (non-hydrogen) atoms. The number of methoxy groups -OCH3 is 1. The molecule has 1 aromatic heterocycles. The van der Waals surface area contributed by atoms with Crippen LogP contribution in [0, 0.1) is 13.8 Å². The molecular formula is C15H19N3O3. The SMILES string of the molecule is COc1c(C)cc(C)cc1-c1nn(CCO)c(N)c1C=O. The fourth-order valence-electron chi connectivity index (χ4n) is 2.47. The predicted octanol–water partition coefficient (Wildman–Crippen LogP) is 1.56. The van der Waals surface area contributed by atoms with Crippen LogP contribution in [-0.4, -0.2) is 34.9 Å². The van der Waals surface area contributed by atoms with E-state index in [-0.39, 0.29) is 19.0 Å². The second-order valence-electron chi connectivity index (χ2n) is 4.87. The van der Waals surface area contributed by atoms with Gasteiger partial charge in [0.15, 0.2) is 6.29 Å². The van der Waals surface area contributed by atoms with Crippen molar-refractivity contribution in [1.29, 1.82) is 0 Å². The highest BCUT2D eigenvalue weighted by Crippen LogP contribution is 2.36. The third kappa shape index (κ3) is 2.62. The Morgan fingerprint density at radius 1 is 1.43 bits per heavy atom. The summed E-state index contributed by atoms with van der Waals surface area (Å²) in [5.74, 6) is 0.910. The first-order valence-corrected chi connectivity index (χ1v) is 6.61. The molecule has 0 saturated heterocycles. The van der Waals surface area contributed by atoms with Gasteiger partial charge in [0.25, 0.3) is 0 Å². The lowest BCUT2D eigenvalue weighted by molar-refractivity contribution is 0.112. The van der Waals surface area contributed by atoms with Crippen molar-refractivity contribution < 1.29 is 14.6 Å². The maximum absolute atomic E-state index is 11.4. The summed E-state index contributed by atoms with van der Waals surface area (Å²) in [5.41, 5.74) is 9.42. The maximum atomic E-state index is 11.4. The number of nitrogens with zero attached hydrogens (tertiary/aromatic N) is 2. The minimum Gasteiger partial charge on any atom is -0.496 e. The van der Waals surface area contributed by atoms with E-state index in [1.165, 1.54) is 4.68 Å². The Kier molecular flexibility index (Phi) is 4.28. The third-order valence-corrected chi connectivity index (χ3v) is 3.34. The zero-order valence-corrected chi connectivity index (χ0v) is 12.4. The molecule has 0 saturated carbocycles. The Labute approximate surface area is 123 Å². The number of carbonyl (C=O) groups excluding carboxylic acids is 1. The van der Waals surface area contributed by atoms with Crippen molar-refractivity contribution in [3.63, 3.8) is 0 Å². The van der Waals surface area contributed by atoms with E-state index in [4.69, 9.17) is 15.6 Å². The van der Waals surface area contributed by atoms with E-state index in [0.29, 0.717) is 23.3 Å². The molecule has 112 valence electrons. The van der Waals surface area contributed by atoms with Crippen LogP contribution in [0.1, 0.15) is 21.5 Å². The number of benzene rings is 1. The van der Waals surface area contributed by atoms with Crippen molar-refractivity contribution in [2.75, 3.05) is 19.5 Å². The molecule has 1 heterocycles. The molecule has 0 aliphatic heterocycles. The number of carbonyl (C=O) groups is 1. The number of aromatic nitrogens is 2. The fourth-order valence-corrected chi connectivity index (χ4v) is 2.47. The van der Waals surface area contributed by atoms with Crippen molar-refractivity contribution in [2.45, 2.75) is 20.4 Å². The van der Waals surface area contributed by atoms with Gasteiger partial charge in [0.1, 0.15) is 17.3 Å². The Morgan fingerprint density at radius 3 is 2.71 bits per heavy atom. The monoisotopic (exact) mass is 289 g/mol. The van der Waals surface area contributed by atoms with Gasteiger partial charge in [-0.25, -0.2) is 4.68 Å². The van der Waals surface area contributed by atoms with Gasteiger partial charge in [-0.1, -0.05) is 6.07 Å². The van der Waals surface area contributed by atoms with Gasteiger partial charge in [-0.15, -0.1) is 0 Å². The average molecular weight is 289 g/mol. The standard InChI is InChI=1S/C15H19N3O3/c1-9-6-10(2)14(21-3)11(7-9)13-12(8-20)15(16)18(17-13)4-5-19/h6-8,19H,4-5,16H2,1-3H3. The molecule has 0 amide bonds. The molecule has 0 radical (unpaired) electrons. The number of anilines is 1. The number of rotatable bonds is 5. The van der Waals surface area contributed by atoms with E-state index in [9.17, 15) is 4.79 Å². The summed E-state index contributed by atoms with van der Waals surface area (Å²) in [6.45, 7) is 4.03. The molecule has 0 bridgehead atoms. The van der Waals surface area contributed by atoms with Crippen molar-refractivity contribution in [3.05, 3.63) is 28.8 Å². The quantitative estimate of drug-likeness (QED) is 0.815. The van der Waals surface area contributed by atoms with Gasteiger partial charge in [-0.3, -0.25) is 4.79 Å². The first kappa shape index (κ1) is 15.1. The van der Waals surface area contributed by atoms with Crippen molar-refractivity contribution in [3.8, 4) is 17.0 Å². The highest BCUT2D eigenvalue weighted by atomic mass is 16.5. The predicted molar refractivity (Wildman–Crippen MR) is 80.6 cm³/mol. The number of nitrogen functional groups attached to an aromatic ring is 1. The van der Waals surface area contributed by atoms with Gasteiger partial charge in [0, 0.05) is 5.56 Å². The van der Waals surface area contributed by atoms with Gasteiger partial charge < -0.3 is 15.6 Å². The highest BCUT2D eigenvalue weighted by molar-refractivity contribution is 5.93. The summed E-state index contributed by atoms with van der Waals surface area (Å²) in [6, 6.07) is 3.90. The summed E-state index contributed by atoms with van der Waals surface area (Å²) >= 11 is 0. The molecule has 0 aliphatic carbocycles. The topological polar surface area (TPSA) is 90.4 Å². The molecular weight excluding hydrogens is 270 g/mol. The van der Waals surface area contributed by atoms with Crippen LogP contribution >= 0.6 is 0 Å². The number of hydrogen-bond acceptors (Lipinski definition) is 5. The molecule has 6 heteroatoms. The van der Waals surface area contributed by atoms with E-state index in [0.717, 1.165) is 16.7 Å². The number of ether oxygens (including phenoxy) is 1. The van der Waals surface area contributed by atoms with Crippen molar-refractivity contribution in [1.82, 2.24) is 9.78 Å². The maximum Gasteiger partial charge on any atom is 0.156 e. The molecule has 6 nitrogen and oxygen atoms in total. The number of nitrogens with two attached hydrogens (primary N) is 1. The minimum absolute atomic E-state index is 0.104. The van der Waals surface area contributed by atoms with Crippen LogP contribution in [0.25, 0.3) is 11.3 Å². The lowest BCUT2D eigenvalue weighted by Gasteiger charge is -2.11. The van der Waals surface area contributed by atoms with Crippen LogP contribution in [0.2, 0.25) is 0 Å². The largest absolute Gasteiger partial charge is 0.496 e. The van der Waals surface area contributed by atoms with E-state index in [2.05, 4.69) is 5.10 Å². The van der Waals surface area contributed by atoms with Crippen LogP contribution < -0.4 is 10.5 Å². The van der Waals surface area contributed by atoms with Crippen LogP contribution in [0.3, 0.4) is 0 Å². The summed E-state index contributed by atoms with van der Waals surface area (Å²) in [6.07, 6.45) is 0.683. The number of aldehydes is 1. The molecule has 1 aromatic carbocycles. The van der Waals surface area contributed by atoms with Crippen LogP contribution in [-0.2, 0) is 6.54 Å². The Hall–Kier alpha value is -2.34. The molecule has 3 N–H and O–H groups in total. The number of aliphatic hydroxyl groups excluding tert-OH is 1. The number of hydrogen-bond donors (Lipinski definition) is 2. The fraction of sp³-hybridized carbons (Fsp3) is 0.333. The Bertz CT molecular complexity index is 677. The lowest BCUT2D eigenvalue weighted by atomic mass is 10.0. The van der Waals surface area contributed by atoms with Gasteiger partial charge in [0.05, 0.1) is 25.8 Å². The number of aryl methyl sites for hydroxylation is 2. The van der Waals surface area contributed by atoms with Crippen LogP contribution in [0.5, 0.6) is 5.75 Å². The smallest absolute Gasteiger partial charge is 0.156 e. The van der Waals surface area contributed by atoms with Crippen molar-refractivity contribution in [2.24, 2.45) is 0 Å². The molecule has 0 fully saturated rings. The minimum atomic E-state index is -0.104. The second kappa shape index (κ2) is 5.97. The van der Waals surface area contributed by atoms with Gasteiger partial charge >= 0.3 is 0 Å². The van der Waals surface area contributed by atoms with Crippen LogP contribution in [0.15, 0.2) is 12.1 Å². The van der Waals surface area contributed by atoms with E-state index < -0.39 is 0 Å². The molecule has 0 spiro atoms.